The predicted molar refractivity (Wildman–Crippen MR) is 112 cm³/mol. The number of hydrogen-bond acceptors (Lipinski definition) is 8. The number of carbonyl (C=O) groups is 2. The van der Waals surface area contributed by atoms with Crippen molar-refractivity contribution in [1.82, 2.24) is 15.2 Å². The average molecular weight is 422 g/mol. The molecule has 0 spiro atoms. The highest BCUT2D eigenvalue weighted by Crippen LogP contribution is 2.28. The van der Waals surface area contributed by atoms with Crippen LogP contribution in [0.5, 0.6) is 0 Å². The van der Waals surface area contributed by atoms with Gasteiger partial charge in [-0.1, -0.05) is 42.5 Å². The molecule has 152 valence electrons. The molecule has 0 aliphatic carbocycles. The number of anilines is 1. The summed E-state index contributed by atoms with van der Waals surface area (Å²) < 4.78 is 11.3. The van der Waals surface area contributed by atoms with Gasteiger partial charge in [0.25, 0.3) is 5.91 Å². The number of aryl methyl sites for hydroxylation is 1. The second kappa shape index (κ2) is 8.42. The Balaban J connectivity index is 1.56. The van der Waals surface area contributed by atoms with E-state index in [0.29, 0.717) is 34.1 Å². The summed E-state index contributed by atoms with van der Waals surface area (Å²) in [6, 6.07) is 14.2. The molecule has 0 saturated heterocycles. The van der Waals surface area contributed by atoms with Crippen LogP contribution in [-0.2, 0) is 9.53 Å². The first-order valence-corrected chi connectivity index (χ1v) is 10.1. The first kappa shape index (κ1) is 19.7. The summed E-state index contributed by atoms with van der Waals surface area (Å²) in [6.07, 6.45) is -0.668. The van der Waals surface area contributed by atoms with Gasteiger partial charge in [-0.05, 0) is 37.6 Å². The Kier molecular flexibility index (Phi) is 5.53. The SMILES string of the molecule is CCC(OC(=O)c1ccccc1-c1nc2ccccc2o1)C(=O)Nc1nnc(C)s1. The number of aromatic nitrogens is 3. The van der Waals surface area contributed by atoms with Crippen molar-refractivity contribution in [2.45, 2.75) is 26.4 Å². The summed E-state index contributed by atoms with van der Waals surface area (Å²) in [5.74, 6) is -0.782. The standard InChI is InChI=1S/C21H18N4O4S/c1-3-16(18(26)23-21-25-24-12(2)30-21)29-20(27)14-9-5-4-8-13(14)19-22-15-10-6-7-11-17(15)28-19/h4-11,16H,3H2,1-2H3,(H,23,25,26). The normalized spacial score (nSPS) is 11.9. The van der Waals surface area contributed by atoms with Gasteiger partial charge >= 0.3 is 5.97 Å². The number of fused-ring (bicyclic) bond motifs is 1. The van der Waals surface area contributed by atoms with Gasteiger partial charge in [0.2, 0.25) is 11.0 Å². The lowest BCUT2D eigenvalue weighted by Gasteiger charge is -2.15. The molecule has 8 nitrogen and oxygen atoms in total. The van der Waals surface area contributed by atoms with Crippen molar-refractivity contribution in [3.8, 4) is 11.5 Å². The Hall–Kier alpha value is -3.59. The number of amides is 1. The van der Waals surface area contributed by atoms with Gasteiger partial charge in [-0.25, -0.2) is 9.78 Å². The largest absolute Gasteiger partial charge is 0.449 e. The molecule has 0 aliphatic rings. The molecular formula is C21H18N4O4S. The molecule has 2 aromatic heterocycles. The van der Waals surface area contributed by atoms with Crippen LogP contribution in [0.4, 0.5) is 5.13 Å². The van der Waals surface area contributed by atoms with Gasteiger partial charge in [0, 0.05) is 0 Å². The third-order valence-corrected chi connectivity index (χ3v) is 5.09. The number of benzene rings is 2. The maximum Gasteiger partial charge on any atom is 0.339 e. The molecule has 4 aromatic rings. The van der Waals surface area contributed by atoms with Gasteiger partial charge in [0.1, 0.15) is 10.5 Å². The Bertz CT molecular complexity index is 1180. The van der Waals surface area contributed by atoms with Crippen LogP contribution in [-0.4, -0.2) is 33.2 Å². The lowest BCUT2D eigenvalue weighted by Crippen LogP contribution is -2.32. The maximum atomic E-state index is 12.9. The minimum atomic E-state index is -0.974. The van der Waals surface area contributed by atoms with Crippen molar-refractivity contribution in [1.29, 1.82) is 0 Å². The van der Waals surface area contributed by atoms with E-state index in [1.54, 1.807) is 44.2 Å². The Morgan fingerprint density at radius 1 is 1.13 bits per heavy atom. The van der Waals surface area contributed by atoms with E-state index in [1.165, 1.54) is 11.3 Å². The summed E-state index contributed by atoms with van der Waals surface area (Å²) in [6.45, 7) is 3.54. The van der Waals surface area contributed by atoms with E-state index in [2.05, 4.69) is 20.5 Å². The number of oxazole rings is 1. The van der Waals surface area contributed by atoms with E-state index in [-0.39, 0.29) is 5.56 Å². The molecule has 4 rings (SSSR count). The molecule has 0 bridgehead atoms. The maximum absolute atomic E-state index is 12.9. The summed E-state index contributed by atoms with van der Waals surface area (Å²) in [5.41, 5.74) is 2.07. The summed E-state index contributed by atoms with van der Waals surface area (Å²) in [7, 11) is 0. The number of para-hydroxylation sites is 2. The molecule has 2 aromatic carbocycles. The van der Waals surface area contributed by atoms with Crippen LogP contribution in [0.1, 0.15) is 28.7 Å². The molecule has 1 amide bonds. The van der Waals surface area contributed by atoms with Crippen molar-refractivity contribution < 1.29 is 18.7 Å². The van der Waals surface area contributed by atoms with Crippen molar-refractivity contribution in [3.05, 3.63) is 59.1 Å². The van der Waals surface area contributed by atoms with Crippen molar-refractivity contribution in [3.63, 3.8) is 0 Å². The predicted octanol–water partition coefficient (Wildman–Crippen LogP) is 4.23. The second-order valence-electron chi connectivity index (χ2n) is 6.45. The topological polar surface area (TPSA) is 107 Å². The van der Waals surface area contributed by atoms with Crippen LogP contribution in [0.15, 0.2) is 52.9 Å². The van der Waals surface area contributed by atoms with E-state index in [4.69, 9.17) is 9.15 Å². The van der Waals surface area contributed by atoms with Crippen LogP contribution in [0, 0.1) is 6.92 Å². The molecule has 0 aliphatic heterocycles. The first-order valence-electron chi connectivity index (χ1n) is 9.32. The van der Waals surface area contributed by atoms with Gasteiger partial charge in [-0.15, -0.1) is 10.2 Å². The van der Waals surface area contributed by atoms with Gasteiger partial charge in [0.15, 0.2) is 11.7 Å². The zero-order valence-electron chi connectivity index (χ0n) is 16.3. The van der Waals surface area contributed by atoms with Crippen molar-refractivity contribution in [2.75, 3.05) is 5.32 Å². The first-order chi connectivity index (χ1) is 14.5. The van der Waals surface area contributed by atoms with Crippen molar-refractivity contribution >= 4 is 39.4 Å². The third-order valence-electron chi connectivity index (χ3n) is 4.34. The van der Waals surface area contributed by atoms with Crippen LogP contribution in [0.25, 0.3) is 22.6 Å². The van der Waals surface area contributed by atoms with Crippen LogP contribution < -0.4 is 5.32 Å². The number of hydrogen-bond donors (Lipinski definition) is 1. The van der Waals surface area contributed by atoms with Gasteiger partial charge in [-0.3, -0.25) is 10.1 Å². The van der Waals surface area contributed by atoms with Crippen LogP contribution in [0.2, 0.25) is 0 Å². The van der Waals surface area contributed by atoms with E-state index in [0.717, 1.165) is 5.01 Å². The number of ether oxygens (including phenoxy) is 1. The highest BCUT2D eigenvalue weighted by Gasteiger charge is 2.25. The van der Waals surface area contributed by atoms with E-state index < -0.39 is 18.0 Å². The second-order valence-corrected chi connectivity index (χ2v) is 7.63. The Morgan fingerprint density at radius 2 is 1.90 bits per heavy atom. The van der Waals surface area contributed by atoms with Gasteiger partial charge in [0.05, 0.1) is 11.1 Å². The molecule has 9 heteroatoms. The monoisotopic (exact) mass is 422 g/mol. The zero-order valence-corrected chi connectivity index (χ0v) is 17.1. The minimum absolute atomic E-state index is 0.266. The fourth-order valence-electron chi connectivity index (χ4n) is 2.88. The zero-order chi connectivity index (χ0) is 21.1. The molecule has 0 radical (unpaired) electrons. The molecular weight excluding hydrogens is 404 g/mol. The summed E-state index contributed by atoms with van der Waals surface area (Å²) in [5, 5.41) is 11.4. The van der Waals surface area contributed by atoms with E-state index >= 15 is 0 Å². The van der Waals surface area contributed by atoms with E-state index in [1.807, 2.05) is 18.2 Å². The number of esters is 1. The number of carbonyl (C=O) groups excluding carboxylic acids is 2. The minimum Gasteiger partial charge on any atom is -0.449 e. The third kappa shape index (κ3) is 4.06. The molecule has 0 saturated carbocycles. The van der Waals surface area contributed by atoms with Gasteiger partial charge in [-0.2, -0.15) is 0 Å². The fraction of sp³-hybridized carbons (Fsp3) is 0.190. The highest BCUT2D eigenvalue weighted by atomic mass is 32.1. The molecule has 0 fully saturated rings. The molecule has 30 heavy (non-hydrogen) atoms. The average Bonchev–Trinajstić information content (AvgIpc) is 3.37. The van der Waals surface area contributed by atoms with E-state index in [9.17, 15) is 9.59 Å². The number of nitrogens with zero attached hydrogens (tertiary/aromatic N) is 3. The summed E-state index contributed by atoms with van der Waals surface area (Å²) >= 11 is 1.25. The smallest absolute Gasteiger partial charge is 0.339 e. The Labute approximate surface area is 175 Å². The Morgan fingerprint density at radius 3 is 2.63 bits per heavy atom. The highest BCUT2D eigenvalue weighted by molar-refractivity contribution is 7.15. The van der Waals surface area contributed by atoms with Crippen LogP contribution >= 0.6 is 11.3 Å². The van der Waals surface area contributed by atoms with Gasteiger partial charge < -0.3 is 9.15 Å². The fourth-order valence-corrected chi connectivity index (χ4v) is 3.48. The lowest BCUT2D eigenvalue weighted by atomic mass is 10.1. The molecule has 1 atom stereocenters. The number of rotatable bonds is 6. The molecule has 2 heterocycles. The number of nitrogens with one attached hydrogen (secondary N) is 1. The van der Waals surface area contributed by atoms with Crippen molar-refractivity contribution in [2.24, 2.45) is 0 Å². The van der Waals surface area contributed by atoms with Crippen LogP contribution in [0.3, 0.4) is 0 Å². The molecule has 1 unspecified atom stereocenters. The summed E-state index contributed by atoms with van der Waals surface area (Å²) in [4.78, 5) is 29.9. The molecule has 1 N–H and O–H groups in total. The quantitative estimate of drug-likeness (QED) is 0.463. The lowest BCUT2D eigenvalue weighted by molar-refractivity contribution is -0.124.